The summed E-state index contributed by atoms with van der Waals surface area (Å²) in [6.07, 6.45) is 12.6. The maximum atomic E-state index is 16.0. The number of para-hydroxylation sites is 2. The van der Waals surface area contributed by atoms with E-state index in [9.17, 15) is 19.2 Å². The van der Waals surface area contributed by atoms with Gasteiger partial charge < -0.3 is 109 Å². The minimum atomic E-state index is -0.852. The van der Waals surface area contributed by atoms with Gasteiger partial charge in [-0.25, -0.2) is 4.98 Å². The number of aromatic nitrogens is 4. The summed E-state index contributed by atoms with van der Waals surface area (Å²) in [6.45, 7) is 3.38. The molecule has 0 fully saturated rings. The van der Waals surface area contributed by atoms with Crippen LogP contribution in [0.1, 0.15) is 155 Å². The monoisotopic (exact) mass is 1850 g/mol. The number of unbranched alkanes of at least 4 members (excludes halogenated alkanes) is 5. The zero-order chi connectivity index (χ0) is 97.0. The van der Waals surface area contributed by atoms with Gasteiger partial charge in [-0.05, 0) is 190 Å². The molecule has 135 heavy (non-hydrogen) atoms. The van der Waals surface area contributed by atoms with Gasteiger partial charge in [-0.15, -0.1) is 0 Å². The minimum Gasteiger partial charge on any atom is -0.368 e. The first-order chi connectivity index (χ1) is 65.3. The third kappa shape index (κ3) is 33.0. The highest BCUT2D eigenvalue weighted by Gasteiger charge is 2.38. The topological polar surface area (TPSA) is 469 Å². The lowest BCUT2D eigenvalue weighted by Gasteiger charge is -2.37. The van der Waals surface area contributed by atoms with Crippen LogP contribution >= 0.6 is 0 Å². The van der Waals surface area contributed by atoms with Crippen LogP contribution in [0.15, 0.2) is 195 Å². The number of primary amides is 1. The van der Waals surface area contributed by atoms with E-state index in [1.54, 1.807) is 101 Å². The third-order valence-corrected chi connectivity index (χ3v) is 24.7. The number of carbonyl (C=O) groups excluding carboxylic acids is 12. The lowest BCUT2D eigenvalue weighted by atomic mass is 10.1. The Morgan fingerprint density at radius 1 is 0.304 bits per heavy atom. The smallest absolute Gasteiger partial charge is 0.243 e. The second kappa shape index (κ2) is 56.3. The molecule has 12 amide bonds. The number of aromatic amines is 3. The van der Waals surface area contributed by atoms with Gasteiger partial charge in [0.05, 0.1) is 95.1 Å². The maximum absolute atomic E-state index is 16.0. The van der Waals surface area contributed by atoms with Crippen molar-refractivity contribution < 1.29 is 57.5 Å². The number of nitrogens with one attached hydrogen (secondary N) is 4. The average Bonchev–Trinajstić information content (AvgIpc) is 1.63. The summed E-state index contributed by atoms with van der Waals surface area (Å²) < 4.78 is 0. The molecule has 16 N–H and O–H groups in total. The van der Waals surface area contributed by atoms with Crippen LogP contribution in [0.25, 0.3) is 21.8 Å². The van der Waals surface area contributed by atoms with Gasteiger partial charge in [0, 0.05) is 92.6 Å². The van der Waals surface area contributed by atoms with E-state index in [2.05, 4.69) is 25.3 Å². The summed E-state index contributed by atoms with van der Waals surface area (Å²) in [5, 5.41) is 5.14. The van der Waals surface area contributed by atoms with Crippen LogP contribution in [0.5, 0.6) is 0 Å². The largest absolute Gasteiger partial charge is 0.368 e. The van der Waals surface area contributed by atoms with Crippen LogP contribution in [0.2, 0.25) is 0 Å². The summed E-state index contributed by atoms with van der Waals surface area (Å²) in [5.41, 5.74) is 42.5. The molecule has 0 saturated heterocycles. The third-order valence-electron chi connectivity index (χ3n) is 24.7. The Kier molecular flexibility index (Phi) is 44.0. The van der Waals surface area contributed by atoms with Crippen LogP contribution in [-0.2, 0) is 76.8 Å². The summed E-state index contributed by atoms with van der Waals surface area (Å²) in [6, 6.07) is 48.6. The Morgan fingerprint density at radius 3 is 0.904 bits per heavy atom. The van der Waals surface area contributed by atoms with Gasteiger partial charge in [-0.1, -0.05) is 158 Å². The van der Waals surface area contributed by atoms with Crippen molar-refractivity contribution in [1.82, 2.24) is 79.2 Å². The maximum Gasteiger partial charge on any atom is 0.243 e. The number of hydrogen-bond acceptors (Lipinski definition) is 19. The Morgan fingerprint density at radius 2 is 0.578 bits per heavy atom. The zero-order valence-corrected chi connectivity index (χ0v) is 78.9. The predicted octanol–water partition coefficient (Wildman–Crippen LogP) is 6.33. The molecule has 9 rings (SSSR count). The normalized spacial score (nSPS) is 12.1. The minimum absolute atomic E-state index is 0.0275. The van der Waals surface area contributed by atoms with E-state index in [1.165, 1.54) is 60.2 Å². The molecule has 34 heteroatoms. The van der Waals surface area contributed by atoms with Gasteiger partial charge in [0.2, 0.25) is 70.9 Å². The van der Waals surface area contributed by atoms with Crippen molar-refractivity contribution in [3.63, 3.8) is 0 Å². The van der Waals surface area contributed by atoms with E-state index >= 15 is 38.4 Å². The fraction of sp³-hybridized carbons (Fsp3) is 0.455. The number of imidazole rings is 1. The molecule has 0 radical (unpaired) electrons. The van der Waals surface area contributed by atoms with Crippen molar-refractivity contribution in [2.45, 2.75) is 135 Å². The highest BCUT2D eigenvalue weighted by atomic mass is 16.2. The van der Waals surface area contributed by atoms with E-state index in [1.807, 2.05) is 116 Å². The molecule has 0 aliphatic heterocycles. The predicted molar refractivity (Wildman–Crippen MR) is 522 cm³/mol. The number of amides is 12. The van der Waals surface area contributed by atoms with Gasteiger partial charge in [0.15, 0.2) is 0 Å². The van der Waals surface area contributed by atoms with Gasteiger partial charge >= 0.3 is 0 Å². The van der Waals surface area contributed by atoms with Crippen LogP contribution in [0.3, 0.4) is 0 Å². The second-order valence-electron chi connectivity index (χ2n) is 34.3. The SMILES string of the molecule is C[C@@H](c1ccccc1)N(CC(N)=O)C(=O)CN(CCCCN)C(=O)CN(CCCCN)C(=O)CN(C(=O)CN(CCc1c[nH]cn1)C(=O)CN(CCCCN)C(=O)CN(C(=O)CN(C(=O)CN(CCCCN)C(=O)CN(CCc1c[nH]c2ccccc12)C(=O)CN(CCc1c[nH]c2ccccc12)C(=O)CNCCCCN)[C@@H](C)c1ccccc1)[C@@H](C)c1ccccc1)[C@@H](C)c1ccccc1. The lowest BCUT2D eigenvalue weighted by Crippen LogP contribution is -2.53. The second-order valence-corrected chi connectivity index (χ2v) is 34.3. The highest BCUT2D eigenvalue weighted by molar-refractivity contribution is 5.96. The highest BCUT2D eigenvalue weighted by Crippen LogP contribution is 2.29. The van der Waals surface area contributed by atoms with E-state index < -0.39 is 155 Å². The molecular weight excluding hydrogens is 1710 g/mol. The van der Waals surface area contributed by atoms with Crippen molar-refractivity contribution >= 4 is 92.7 Å². The first-order valence-corrected chi connectivity index (χ1v) is 47.2. The van der Waals surface area contributed by atoms with Gasteiger partial charge in [0.25, 0.3) is 0 Å². The number of nitrogens with zero attached hydrogens (tertiary/aromatic N) is 12. The first-order valence-electron chi connectivity index (χ1n) is 47.2. The molecule has 6 aromatic carbocycles. The summed E-state index contributed by atoms with van der Waals surface area (Å²) in [4.78, 5) is 211. The molecule has 0 saturated carbocycles. The molecule has 9 aromatic rings. The number of rotatable bonds is 61. The number of benzene rings is 6. The summed E-state index contributed by atoms with van der Waals surface area (Å²) in [5.74, 6) is -7.25. The molecule has 0 aliphatic carbocycles. The van der Waals surface area contributed by atoms with Crippen LogP contribution in [0, 0.1) is 0 Å². The summed E-state index contributed by atoms with van der Waals surface area (Å²) >= 11 is 0. The fourth-order valence-electron chi connectivity index (χ4n) is 16.5. The Balaban J connectivity index is 0.997. The van der Waals surface area contributed by atoms with E-state index in [-0.39, 0.29) is 90.9 Å². The molecule has 0 aliphatic rings. The van der Waals surface area contributed by atoms with E-state index in [4.69, 9.17) is 34.4 Å². The van der Waals surface area contributed by atoms with Crippen LogP contribution in [-0.4, -0.2) is 308 Å². The van der Waals surface area contributed by atoms with Crippen molar-refractivity contribution in [2.24, 2.45) is 34.4 Å². The number of fused-ring (bicyclic) bond motifs is 2. The zero-order valence-electron chi connectivity index (χ0n) is 78.9. The summed E-state index contributed by atoms with van der Waals surface area (Å²) in [7, 11) is 0. The molecular formula is C101H140N22O12. The Bertz CT molecular complexity index is 5200. The Labute approximate surface area is 792 Å². The van der Waals surface area contributed by atoms with Crippen molar-refractivity contribution in [2.75, 3.05) is 164 Å². The average molecular weight is 1850 g/mol. The van der Waals surface area contributed by atoms with Crippen molar-refractivity contribution in [3.05, 3.63) is 234 Å². The van der Waals surface area contributed by atoms with Crippen molar-refractivity contribution in [3.8, 4) is 0 Å². The number of nitrogens with two attached hydrogens (primary N) is 6. The molecule has 3 heterocycles. The number of H-pyrrole nitrogens is 3. The number of hydrogen-bond donors (Lipinski definition) is 10. The van der Waals surface area contributed by atoms with Gasteiger partial charge in [-0.3, -0.25) is 57.5 Å². The van der Waals surface area contributed by atoms with Gasteiger partial charge in [-0.2, -0.15) is 0 Å². The van der Waals surface area contributed by atoms with E-state index in [0.29, 0.717) is 106 Å². The molecule has 0 spiro atoms. The molecule has 0 bridgehead atoms. The number of carbonyl (C=O) groups is 12. The molecule has 726 valence electrons. The fourth-order valence-corrected chi connectivity index (χ4v) is 16.5. The standard InChI is InChI=1S/C101H140N22O12/c1-75(79-31-9-5-10-32-79)120(63-90(107)124)98(132)68-115(54-29-24-49-105)92(126)64-113(52-27-22-47-103)96(130)71-121(76(2)80-33-11-6-12-34-80)100(134)70-119(58-45-85-61-109-74-112-85)94(128)65-114(53-28-23-48-104)97(131)72-122(77(3)81-35-13-7-14-36-81)101(135)73-123(78(4)82-37-15-8-16-38-82)99(133)69-116(55-30-25-50-106)93(127)67-118(57-44-84-60-111-89-42-20-18-40-87(84)89)95(129)66-117(91(125)62-108-51-26-21-46-102)56-43-83-59-110-88-41-19-17-39-86(83)88/h5-20,31-42,59-61,74-78,108,110-111H,21-30,43-58,62-73,102-106H2,1-4H3,(H2,107,124)(H,109,112)/t75-,76-,77-,78-/m0/s1. The van der Waals surface area contributed by atoms with Crippen molar-refractivity contribution in [1.29, 1.82) is 0 Å². The molecule has 34 nitrogen and oxygen atoms in total. The van der Waals surface area contributed by atoms with Crippen LogP contribution in [0.4, 0.5) is 0 Å². The quantitative estimate of drug-likeness (QED) is 0.0186. The molecule has 0 unspecified atom stereocenters. The lowest BCUT2D eigenvalue weighted by molar-refractivity contribution is -0.151. The molecule has 4 atom stereocenters. The Hall–Kier alpha value is -13.0. The van der Waals surface area contributed by atoms with Gasteiger partial charge in [0.1, 0.15) is 19.6 Å². The first kappa shape index (κ1) is 106. The molecule has 3 aromatic heterocycles. The van der Waals surface area contributed by atoms with Crippen LogP contribution < -0.4 is 39.7 Å². The van der Waals surface area contributed by atoms with E-state index in [0.717, 1.165) is 51.3 Å².